The van der Waals surface area contributed by atoms with E-state index in [0.29, 0.717) is 17.9 Å². The molecule has 13 heteroatoms. The van der Waals surface area contributed by atoms with Crippen molar-refractivity contribution in [1.82, 2.24) is 19.2 Å². The van der Waals surface area contributed by atoms with Crippen LogP contribution in [0.3, 0.4) is 0 Å². The summed E-state index contributed by atoms with van der Waals surface area (Å²) in [5, 5.41) is 4.45. The van der Waals surface area contributed by atoms with Crippen molar-refractivity contribution < 1.29 is 27.5 Å². The number of hydrogen-bond acceptors (Lipinski definition) is 6. The molecular weight excluding hydrogens is 541 g/mol. The van der Waals surface area contributed by atoms with Crippen LogP contribution in [0.15, 0.2) is 58.1 Å². The first-order chi connectivity index (χ1) is 18.5. The summed E-state index contributed by atoms with van der Waals surface area (Å²) in [4.78, 5) is 53.8. The van der Waals surface area contributed by atoms with Crippen LogP contribution in [0.25, 0.3) is 5.69 Å². The number of ether oxygens (including phenoxy) is 1. The van der Waals surface area contributed by atoms with Crippen LogP contribution in [-0.4, -0.2) is 50.8 Å². The Hall–Kier alpha value is -3.93. The number of hydrogen-bond donors (Lipinski definition) is 0. The summed E-state index contributed by atoms with van der Waals surface area (Å²) < 4.78 is 45.6. The monoisotopic (exact) mass is 564 g/mol. The number of alkyl halides is 3. The van der Waals surface area contributed by atoms with Crippen molar-refractivity contribution in [3.8, 4) is 5.69 Å². The first-order valence-electron chi connectivity index (χ1n) is 12.1. The van der Waals surface area contributed by atoms with E-state index in [0.717, 1.165) is 33.5 Å². The van der Waals surface area contributed by atoms with Gasteiger partial charge >= 0.3 is 17.8 Å². The van der Waals surface area contributed by atoms with E-state index >= 15 is 0 Å². The van der Waals surface area contributed by atoms with Crippen molar-refractivity contribution in [3.63, 3.8) is 0 Å². The lowest BCUT2D eigenvalue weighted by atomic mass is 9.98. The predicted molar refractivity (Wildman–Crippen MR) is 135 cm³/mol. The Bertz CT molecular complexity index is 1480. The van der Waals surface area contributed by atoms with Gasteiger partial charge in [-0.05, 0) is 61.7 Å². The minimum atomic E-state index is -4.55. The van der Waals surface area contributed by atoms with Gasteiger partial charge in [0.2, 0.25) is 5.69 Å². The number of carbonyl (C=O) groups excluding carboxylic acids is 2. The molecule has 0 bridgehead atoms. The number of benzene rings is 2. The van der Waals surface area contributed by atoms with Gasteiger partial charge in [0.15, 0.2) is 0 Å². The maximum Gasteiger partial charge on any atom is 0.416 e. The molecule has 4 rings (SSSR count). The molecule has 1 atom stereocenters. The molecule has 1 aliphatic rings. The van der Waals surface area contributed by atoms with Gasteiger partial charge in [0, 0.05) is 18.1 Å². The largest absolute Gasteiger partial charge is 0.466 e. The molecule has 9 nitrogen and oxygen atoms in total. The van der Waals surface area contributed by atoms with Crippen LogP contribution in [0, 0.1) is 5.92 Å². The molecule has 1 aromatic heterocycles. The summed E-state index contributed by atoms with van der Waals surface area (Å²) >= 11 is 5.95. The average Bonchev–Trinajstić information content (AvgIpc) is 2.91. The molecule has 206 valence electrons. The van der Waals surface area contributed by atoms with Crippen LogP contribution in [0.5, 0.6) is 0 Å². The molecular formula is C26H24ClF3N4O5. The summed E-state index contributed by atoms with van der Waals surface area (Å²) in [5.41, 5.74) is -2.92. The van der Waals surface area contributed by atoms with Gasteiger partial charge in [0.1, 0.15) is 0 Å². The first-order valence-corrected chi connectivity index (χ1v) is 12.5. The summed E-state index contributed by atoms with van der Waals surface area (Å²) in [6.45, 7) is 1.72. The Balaban J connectivity index is 1.77. The number of halogens is 4. The number of nitrogens with zero attached hydrogens (tertiary/aromatic N) is 4. The zero-order valence-corrected chi connectivity index (χ0v) is 21.5. The number of aromatic nitrogens is 3. The van der Waals surface area contributed by atoms with Crippen molar-refractivity contribution in [1.29, 1.82) is 0 Å². The van der Waals surface area contributed by atoms with E-state index in [2.05, 4.69) is 5.10 Å². The van der Waals surface area contributed by atoms with E-state index in [1.807, 2.05) is 0 Å². The summed E-state index contributed by atoms with van der Waals surface area (Å²) in [6.07, 6.45) is -3.55. The fourth-order valence-corrected chi connectivity index (χ4v) is 4.41. The highest BCUT2D eigenvalue weighted by Gasteiger charge is 2.33. The topological polar surface area (TPSA) is 104 Å². The number of esters is 1. The molecule has 0 aliphatic carbocycles. The molecule has 2 aromatic carbocycles. The molecule has 0 N–H and O–H groups in total. The van der Waals surface area contributed by atoms with Gasteiger partial charge in [-0.25, -0.2) is 4.79 Å². The van der Waals surface area contributed by atoms with Crippen molar-refractivity contribution >= 4 is 23.5 Å². The van der Waals surface area contributed by atoms with E-state index in [-0.39, 0.29) is 30.9 Å². The van der Waals surface area contributed by atoms with Crippen molar-refractivity contribution in [2.45, 2.75) is 32.5 Å². The van der Waals surface area contributed by atoms with Crippen molar-refractivity contribution in [2.75, 3.05) is 19.7 Å². The third-order valence-electron chi connectivity index (χ3n) is 6.28. The Kier molecular flexibility index (Phi) is 8.24. The molecule has 1 unspecified atom stereocenters. The van der Waals surface area contributed by atoms with Crippen molar-refractivity contribution in [2.24, 2.45) is 5.92 Å². The summed E-state index contributed by atoms with van der Waals surface area (Å²) in [6, 6.07) is 9.91. The molecule has 1 saturated heterocycles. The second kappa shape index (κ2) is 11.4. The highest BCUT2D eigenvalue weighted by molar-refractivity contribution is 6.30. The second-order valence-electron chi connectivity index (χ2n) is 8.95. The first kappa shape index (κ1) is 28.1. The van der Waals surface area contributed by atoms with Gasteiger partial charge in [0.25, 0.3) is 11.5 Å². The highest BCUT2D eigenvalue weighted by Crippen LogP contribution is 2.29. The third-order valence-corrected chi connectivity index (χ3v) is 6.54. The van der Waals surface area contributed by atoms with Gasteiger partial charge in [-0.1, -0.05) is 23.7 Å². The minimum Gasteiger partial charge on any atom is -0.466 e. The highest BCUT2D eigenvalue weighted by atomic mass is 35.5. The van der Waals surface area contributed by atoms with Crippen LogP contribution < -0.4 is 11.2 Å². The lowest BCUT2D eigenvalue weighted by molar-refractivity contribution is -0.149. The Morgan fingerprint density at radius 1 is 1.08 bits per heavy atom. The van der Waals surface area contributed by atoms with Crippen LogP contribution in [0.4, 0.5) is 13.2 Å². The maximum absolute atomic E-state index is 13.5. The molecule has 3 aromatic rings. The SMILES string of the molecule is CCOC(=O)C1CCCN(C(=O)c2nn(-c3ccc(Cl)cc3)c(=O)n(Cc3ccc(C(F)(F)F)cc3)c2=O)C1. The predicted octanol–water partition coefficient (Wildman–Crippen LogP) is 3.53. The number of likely N-dealkylation sites (tertiary alicyclic amines) is 1. The normalized spacial score (nSPS) is 15.7. The van der Waals surface area contributed by atoms with Crippen LogP contribution in [0.1, 0.15) is 41.4 Å². The quantitative estimate of drug-likeness (QED) is 0.424. The molecule has 1 fully saturated rings. The Labute approximate surface area is 225 Å². The van der Waals surface area contributed by atoms with Crippen LogP contribution in [-0.2, 0) is 22.3 Å². The molecule has 0 radical (unpaired) electrons. The van der Waals surface area contributed by atoms with E-state index in [1.165, 1.54) is 29.2 Å². The molecule has 0 spiro atoms. The van der Waals surface area contributed by atoms with Gasteiger partial charge < -0.3 is 9.64 Å². The standard InChI is InChI=1S/C26H24ClF3N4O5/c1-2-39-24(37)17-4-3-13-32(15-17)22(35)21-23(36)33(14-16-5-7-18(8-6-16)26(28,29)30)25(38)34(31-21)20-11-9-19(27)10-12-20/h5-12,17H,2-4,13-15H2,1H3. The lowest BCUT2D eigenvalue weighted by Gasteiger charge is -2.31. The fraction of sp³-hybridized carbons (Fsp3) is 0.346. The zero-order chi connectivity index (χ0) is 28.3. The summed E-state index contributed by atoms with van der Waals surface area (Å²) in [7, 11) is 0. The van der Waals surface area contributed by atoms with Gasteiger partial charge in [-0.15, -0.1) is 0 Å². The number of piperidine rings is 1. The second-order valence-corrected chi connectivity index (χ2v) is 9.38. The lowest BCUT2D eigenvalue weighted by Crippen LogP contribution is -2.49. The van der Waals surface area contributed by atoms with Crippen LogP contribution >= 0.6 is 11.6 Å². The van der Waals surface area contributed by atoms with E-state index in [9.17, 15) is 32.3 Å². The third kappa shape index (κ3) is 6.22. The minimum absolute atomic E-state index is 0.0117. The summed E-state index contributed by atoms with van der Waals surface area (Å²) in [5.74, 6) is -1.80. The maximum atomic E-state index is 13.5. The molecule has 2 heterocycles. The number of carbonyl (C=O) groups is 2. The van der Waals surface area contributed by atoms with Crippen LogP contribution in [0.2, 0.25) is 5.02 Å². The average molecular weight is 565 g/mol. The van der Waals surface area contributed by atoms with E-state index < -0.39 is 53.0 Å². The van der Waals surface area contributed by atoms with Crippen molar-refractivity contribution in [3.05, 3.63) is 91.2 Å². The smallest absolute Gasteiger partial charge is 0.416 e. The number of amides is 1. The molecule has 0 saturated carbocycles. The van der Waals surface area contributed by atoms with E-state index in [1.54, 1.807) is 6.92 Å². The van der Waals surface area contributed by atoms with Gasteiger partial charge in [-0.3, -0.25) is 19.0 Å². The Morgan fingerprint density at radius 3 is 2.36 bits per heavy atom. The Morgan fingerprint density at radius 2 is 1.74 bits per heavy atom. The van der Waals surface area contributed by atoms with Gasteiger partial charge in [0.05, 0.1) is 30.3 Å². The molecule has 39 heavy (non-hydrogen) atoms. The molecule has 1 aliphatic heterocycles. The molecule has 1 amide bonds. The zero-order valence-electron chi connectivity index (χ0n) is 20.8. The number of rotatable bonds is 6. The van der Waals surface area contributed by atoms with Gasteiger partial charge in [-0.2, -0.15) is 23.0 Å². The fourth-order valence-electron chi connectivity index (χ4n) is 4.28. The van der Waals surface area contributed by atoms with E-state index in [4.69, 9.17) is 16.3 Å².